The highest BCUT2D eigenvalue weighted by molar-refractivity contribution is 5.88. The number of carbonyl (C=O) groups excluding carboxylic acids is 1. The number of carboxylic acids is 2. The van der Waals surface area contributed by atoms with E-state index in [1.54, 1.807) is 4.90 Å². The zero-order valence-corrected chi connectivity index (χ0v) is 25.6. The van der Waals surface area contributed by atoms with Gasteiger partial charge in [-0.3, -0.25) is 4.79 Å². The molecule has 1 amide bonds. The van der Waals surface area contributed by atoms with Crippen molar-refractivity contribution in [3.05, 3.63) is 82.9 Å². The first kappa shape index (κ1) is 33.1. The first-order valence-corrected chi connectivity index (χ1v) is 15.3. The van der Waals surface area contributed by atoms with Gasteiger partial charge < -0.3 is 29.3 Å². The normalized spacial score (nSPS) is 15.3. The molecule has 1 fully saturated rings. The molecule has 4 rings (SSSR count). The van der Waals surface area contributed by atoms with Gasteiger partial charge in [-0.05, 0) is 85.0 Å². The molecule has 0 aromatic heterocycles. The second-order valence-electron chi connectivity index (χ2n) is 11.5. The molecule has 0 aliphatic carbocycles. The third-order valence-electron chi connectivity index (χ3n) is 8.18. The van der Waals surface area contributed by atoms with Crippen LogP contribution in [-0.2, 0) is 41.6 Å². The number of fused-ring (bicyclic) bond motifs is 1. The standard InChI is InChI=1S/C35H43NO8/c1-24-11-12-26(20-25(24)2)8-4-3-7-19-42-32(33(35(40)41)44-23-31(37)38)34(39)36-17-15-30(16-18-36)43-22-27-13-14-28-9-5-6-10-29(28)21-27/h5-6,9-14,20-21,30,32-33H,3-4,7-8,15-19,22-23H2,1-2H3,(H,37,38)(H,40,41). The Morgan fingerprint density at radius 2 is 1.55 bits per heavy atom. The van der Waals surface area contributed by atoms with E-state index in [1.165, 1.54) is 22.1 Å². The van der Waals surface area contributed by atoms with Gasteiger partial charge in [0.25, 0.3) is 5.91 Å². The summed E-state index contributed by atoms with van der Waals surface area (Å²) in [7, 11) is 0. The summed E-state index contributed by atoms with van der Waals surface area (Å²) in [5.41, 5.74) is 4.85. The van der Waals surface area contributed by atoms with Gasteiger partial charge in [0.05, 0.1) is 12.7 Å². The predicted octanol–water partition coefficient (Wildman–Crippen LogP) is 5.32. The van der Waals surface area contributed by atoms with Crippen LogP contribution in [0.5, 0.6) is 0 Å². The highest BCUT2D eigenvalue weighted by Gasteiger charge is 2.39. The van der Waals surface area contributed by atoms with Crippen molar-refractivity contribution in [1.29, 1.82) is 0 Å². The van der Waals surface area contributed by atoms with Gasteiger partial charge in [-0.25, -0.2) is 9.59 Å². The van der Waals surface area contributed by atoms with Gasteiger partial charge in [0.1, 0.15) is 6.61 Å². The van der Waals surface area contributed by atoms with Crippen LogP contribution in [0.2, 0.25) is 0 Å². The van der Waals surface area contributed by atoms with Crippen molar-refractivity contribution in [3.8, 4) is 0 Å². The number of hydrogen-bond acceptors (Lipinski definition) is 6. The van der Waals surface area contributed by atoms with E-state index in [9.17, 15) is 19.5 Å². The smallest absolute Gasteiger partial charge is 0.336 e. The van der Waals surface area contributed by atoms with Crippen LogP contribution < -0.4 is 0 Å². The second kappa shape index (κ2) is 16.3. The van der Waals surface area contributed by atoms with Crippen molar-refractivity contribution in [1.82, 2.24) is 4.90 Å². The second-order valence-corrected chi connectivity index (χ2v) is 11.5. The number of carbonyl (C=O) groups is 3. The summed E-state index contributed by atoms with van der Waals surface area (Å²) in [6.45, 7) is 4.71. The number of ether oxygens (including phenoxy) is 3. The minimum atomic E-state index is -1.73. The lowest BCUT2D eigenvalue weighted by molar-refractivity contribution is -0.177. The van der Waals surface area contributed by atoms with Crippen LogP contribution in [0.1, 0.15) is 54.4 Å². The number of amides is 1. The number of aryl methyl sites for hydroxylation is 3. The van der Waals surface area contributed by atoms with Gasteiger partial charge in [0.2, 0.25) is 0 Å². The minimum Gasteiger partial charge on any atom is -0.480 e. The van der Waals surface area contributed by atoms with Crippen LogP contribution in [0.4, 0.5) is 0 Å². The van der Waals surface area contributed by atoms with Crippen LogP contribution in [0.15, 0.2) is 60.7 Å². The number of carboxylic acid groups (broad SMARTS) is 2. The highest BCUT2D eigenvalue weighted by atomic mass is 16.6. The summed E-state index contributed by atoms with van der Waals surface area (Å²) < 4.78 is 17.1. The Balaban J connectivity index is 1.28. The molecule has 9 heteroatoms. The third kappa shape index (κ3) is 9.61. The molecule has 0 saturated carbocycles. The third-order valence-corrected chi connectivity index (χ3v) is 8.18. The SMILES string of the molecule is Cc1ccc(CCCCCOC(C(=O)N2CCC(OCc3ccc4ccccc4c3)CC2)C(OCC(=O)O)C(=O)O)cc1C. The van der Waals surface area contributed by atoms with Gasteiger partial charge in [0.15, 0.2) is 12.2 Å². The summed E-state index contributed by atoms with van der Waals surface area (Å²) in [6, 6.07) is 20.8. The van der Waals surface area contributed by atoms with E-state index >= 15 is 0 Å². The zero-order valence-electron chi connectivity index (χ0n) is 25.6. The maximum Gasteiger partial charge on any atom is 0.336 e. The number of hydrogen-bond donors (Lipinski definition) is 2. The Bertz CT molecular complexity index is 1410. The summed E-state index contributed by atoms with van der Waals surface area (Å²) in [5.74, 6) is -3.27. The van der Waals surface area contributed by atoms with Crippen LogP contribution in [0, 0.1) is 13.8 Å². The Labute approximate surface area is 258 Å². The molecule has 236 valence electrons. The molecule has 0 radical (unpaired) electrons. The van der Waals surface area contributed by atoms with Crippen LogP contribution in [0.25, 0.3) is 10.8 Å². The average Bonchev–Trinajstić information content (AvgIpc) is 3.02. The van der Waals surface area contributed by atoms with Crippen molar-refractivity contribution in [2.45, 2.75) is 77.3 Å². The number of piperidine rings is 1. The molecule has 1 aliphatic heterocycles. The average molecular weight is 606 g/mol. The van der Waals surface area contributed by atoms with Gasteiger partial charge in [-0.2, -0.15) is 0 Å². The fourth-order valence-corrected chi connectivity index (χ4v) is 5.48. The van der Waals surface area contributed by atoms with E-state index in [4.69, 9.17) is 19.3 Å². The number of unbranched alkanes of at least 4 members (excludes halogenated alkanes) is 2. The van der Waals surface area contributed by atoms with E-state index in [-0.39, 0.29) is 12.7 Å². The van der Waals surface area contributed by atoms with E-state index in [0.717, 1.165) is 30.2 Å². The molecule has 2 N–H and O–H groups in total. The molecule has 1 aliphatic rings. The van der Waals surface area contributed by atoms with Crippen LogP contribution in [-0.4, -0.2) is 77.6 Å². The molecule has 1 saturated heterocycles. The van der Waals surface area contributed by atoms with Crippen molar-refractivity contribution in [2.75, 3.05) is 26.3 Å². The molecule has 1 heterocycles. The van der Waals surface area contributed by atoms with Crippen molar-refractivity contribution in [2.24, 2.45) is 0 Å². The maximum absolute atomic E-state index is 13.5. The molecule has 2 unspecified atom stereocenters. The van der Waals surface area contributed by atoms with Crippen molar-refractivity contribution >= 4 is 28.6 Å². The van der Waals surface area contributed by atoms with E-state index < -0.39 is 36.7 Å². The largest absolute Gasteiger partial charge is 0.480 e. The first-order valence-electron chi connectivity index (χ1n) is 15.3. The van der Waals surface area contributed by atoms with E-state index in [1.807, 2.05) is 12.1 Å². The fourth-order valence-electron chi connectivity index (χ4n) is 5.48. The zero-order chi connectivity index (χ0) is 31.5. The Morgan fingerprint density at radius 1 is 0.818 bits per heavy atom. The summed E-state index contributed by atoms with van der Waals surface area (Å²) in [6.07, 6.45) is 1.29. The monoisotopic (exact) mass is 605 g/mol. The molecule has 0 bridgehead atoms. The maximum atomic E-state index is 13.5. The quantitative estimate of drug-likeness (QED) is 0.211. The van der Waals surface area contributed by atoms with E-state index in [0.29, 0.717) is 39.0 Å². The number of nitrogens with zero attached hydrogens (tertiary/aromatic N) is 1. The molecule has 0 spiro atoms. The lowest BCUT2D eigenvalue weighted by Gasteiger charge is -2.35. The number of likely N-dealkylation sites (tertiary alicyclic amines) is 1. The van der Waals surface area contributed by atoms with Gasteiger partial charge >= 0.3 is 11.9 Å². The Hall–Kier alpha value is -3.79. The Morgan fingerprint density at radius 3 is 2.25 bits per heavy atom. The van der Waals surface area contributed by atoms with Crippen molar-refractivity contribution < 1.29 is 38.8 Å². The predicted molar refractivity (Wildman–Crippen MR) is 167 cm³/mol. The lowest BCUT2D eigenvalue weighted by Crippen LogP contribution is -2.53. The fraction of sp³-hybridized carbons (Fsp3) is 0.457. The topological polar surface area (TPSA) is 123 Å². The lowest BCUT2D eigenvalue weighted by atomic mass is 10.0. The van der Waals surface area contributed by atoms with Gasteiger partial charge in [-0.1, -0.05) is 61.0 Å². The molecule has 3 aromatic rings. The van der Waals surface area contributed by atoms with Crippen LogP contribution in [0.3, 0.4) is 0 Å². The van der Waals surface area contributed by atoms with Gasteiger partial charge in [-0.15, -0.1) is 0 Å². The molecule has 3 aromatic carbocycles. The van der Waals surface area contributed by atoms with E-state index in [2.05, 4.69) is 62.4 Å². The summed E-state index contributed by atoms with van der Waals surface area (Å²) in [4.78, 5) is 38.3. The number of benzene rings is 3. The summed E-state index contributed by atoms with van der Waals surface area (Å²) in [5, 5.41) is 21.2. The highest BCUT2D eigenvalue weighted by Crippen LogP contribution is 2.21. The first-order chi connectivity index (χ1) is 21.2. The molecular formula is C35H43NO8. The number of rotatable bonds is 16. The molecule has 2 atom stereocenters. The van der Waals surface area contributed by atoms with Crippen molar-refractivity contribution in [3.63, 3.8) is 0 Å². The Kier molecular flexibility index (Phi) is 12.3. The summed E-state index contributed by atoms with van der Waals surface area (Å²) >= 11 is 0. The van der Waals surface area contributed by atoms with Gasteiger partial charge in [0, 0.05) is 19.7 Å². The number of aliphatic carboxylic acids is 2. The van der Waals surface area contributed by atoms with Crippen LogP contribution >= 0.6 is 0 Å². The minimum absolute atomic E-state index is 0.0410. The molecule has 9 nitrogen and oxygen atoms in total. The molecule has 44 heavy (non-hydrogen) atoms. The molecular weight excluding hydrogens is 562 g/mol.